The van der Waals surface area contributed by atoms with E-state index in [0.717, 1.165) is 43.0 Å². The quantitative estimate of drug-likeness (QED) is 0.345. The minimum Gasteiger partial charge on any atom is -0.508 e. The van der Waals surface area contributed by atoms with Gasteiger partial charge in [-0.05, 0) is 61.1 Å². The van der Waals surface area contributed by atoms with E-state index >= 15 is 4.39 Å². The largest absolute Gasteiger partial charge is 0.508 e. The normalized spacial score (nSPS) is 23.5. The summed E-state index contributed by atoms with van der Waals surface area (Å²) in [5.74, 6) is 0.152. The van der Waals surface area contributed by atoms with Gasteiger partial charge in [0.15, 0.2) is 5.82 Å². The number of ether oxygens (including phenoxy) is 1. The van der Waals surface area contributed by atoms with Crippen LogP contribution < -0.4 is 9.64 Å². The molecule has 0 saturated carbocycles. The molecule has 2 aromatic carbocycles. The van der Waals surface area contributed by atoms with Crippen LogP contribution in [0.15, 0.2) is 42.6 Å². The lowest BCUT2D eigenvalue weighted by Crippen LogP contribution is -2.43. The molecule has 0 aliphatic carbocycles. The standard InChI is InChI=1S/C31H33F2N5O3/c32-21-14-31(8-3-9-38(31)16-21)18-41-30-35-28-25(29(36-30)37-10-6-19(17-39)7-11-37)15-34-27(26(28)33)24-13-22(40)12-20-4-1-2-5-23(20)24/h1-2,4-5,12-13,15,19,21,39-40H,3,6-11,14,16-18H2/t21-,31+/m1/s1. The van der Waals surface area contributed by atoms with Crippen LogP contribution in [0.2, 0.25) is 0 Å². The Hall–Kier alpha value is -3.63. The maximum Gasteiger partial charge on any atom is 0.319 e. The molecule has 2 aromatic heterocycles. The number of aliphatic hydroxyl groups excluding tert-OH is 1. The number of rotatable bonds is 6. The summed E-state index contributed by atoms with van der Waals surface area (Å²) in [5, 5.41) is 22.0. The van der Waals surface area contributed by atoms with E-state index in [1.165, 1.54) is 6.07 Å². The number of aliphatic hydroxyl groups is 1. The van der Waals surface area contributed by atoms with Gasteiger partial charge in [-0.15, -0.1) is 0 Å². The second-order valence-corrected chi connectivity index (χ2v) is 11.7. The summed E-state index contributed by atoms with van der Waals surface area (Å²) in [4.78, 5) is 18.1. The smallest absolute Gasteiger partial charge is 0.319 e. The van der Waals surface area contributed by atoms with Gasteiger partial charge in [0.05, 0.1) is 10.9 Å². The van der Waals surface area contributed by atoms with Crippen molar-refractivity contribution in [1.82, 2.24) is 19.9 Å². The molecule has 0 amide bonds. The molecule has 0 radical (unpaired) electrons. The first-order chi connectivity index (χ1) is 19.9. The number of fused-ring (bicyclic) bond motifs is 3. The Morgan fingerprint density at radius 2 is 1.90 bits per heavy atom. The molecule has 8 nitrogen and oxygen atoms in total. The zero-order chi connectivity index (χ0) is 28.1. The third-order valence-corrected chi connectivity index (χ3v) is 9.15. The van der Waals surface area contributed by atoms with Crippen molar-refractivity contribution in [1.29, 1.82) is 0 Å². The van der Waals surface area contributed by atoms with Crippen molar-refractivity contribution < 1.29 is 23.7 Å². The fraction of sp³-hybridized carbons (Fsp3) is 0.452. The highest BCUT2D eigenvalue weighted by Crippen LogP contribution is 2.41. The molecular weight excluding hydrogens is 528 g/mol. The summed E-state index contributed by atoms with van der Waals surface area (Å²) >= 11 is 0. The van der Waals surface area contributed by atoms with Gasteiger partial charge in [0.2, 0.25) is 0 Å². The van der Waals surface area contributed by atoms with Gasteiger partial charge in [0, 0.05) is 44.4 Å². The van der Waals surface area contributed by atoms with Gasteiger partial charge >= 0.3 is 6.01 Å². The van der Waals surface area contributed by atoms with E-state index < -0.39 is 12.0 Å². The Balaban J connectivity index is 1.32. The van der Waals surface area contributed by atoms with E-state index in [4.69, 9.17) is 9.72 Å². The lowest BCUT2D eigenvalue weighted by molar-refractivity contribution is 0.107. The molecule has 2 N–H and O–H groups in total. The first kappa shape index (κ1) is 26.3. The first-order valence-corrected chi connectivity index (χ1v) is 14.4. The molecule has 3 aliphatic heterocycles. The molecule has 3 saturated heterocycles. The predicted molar refractivity (Wildman–Crippen MR) is 152 cm³/mol. The van der Waals surface area contributed by atoms with E-state index in [1.807, 2.05) is 24.3 Å². The number of alkyl halides is 1. The van der Waals surface area contributed by atoms with Crippen molar-refractivity contribution in [2.75, 3.05) is 44.3 Å². The fourth-order valence-corrected chi connectivity index (χ4v) is 6.98. The van der Waals surface area contributed by atoms with Crippen LogP contribution in [0, 0.1) is 11.7 Å². The number of halogens is 2. The second kappa shape index (κ2) is 10.3. The molecule has 3 aliphatic rings. The van der Waals surface area contributed by atoms with E-state index in [2.05, 4.69) is 19.8 Å². The van der Waals surface area contributed by atoms with Crippen LogP contribution in [0.4, 0.5) is 14.6 Å². The molecule has 0 spiro atoms. The third kappa shape index (κ3) is 4.63. The van der Waals surface area contributed by atoms with E-state index in [0.29, 0.717) is 42.8 Å². The number of phenols is 1. The van der Waals surface area contributed by atoms with Crippen LogP contribution in [0.3, 0.4) is 0 Å². The van der Waals surface area contributed by atoms with Crippen LogP contribution in [0.1, 0.15) is 32.1 Å². The Kier molecular flexibility index (Phi) is 6.62. The van der Waals surface area contributed by atoms with Crippen LogP contribution >= 0.6 is 0 Å². The summed E-state index contributed by atoms with van der Waals surface area (Å²) in [6.45, 7) is 2.93. The maximum atomic E-state index is 16.5. The molecule has 7 rings (SSSR count). The van der Waals surface area contributed by atoms with Crippen molar-refractivity contribution in [2.24, 2.45) is 5.92 Å². The van der Waals surface area contributed by atoms with E-state index in [-0.39, 0.29) is 47.6 Å². The molecule has 10 heteroatoms. The molecule has 3 fully saturated rings. The first-order valence-electron chi connectivity index (χ1n) is 14.4. The maximum absolute atomic E-state index is 16.5. The molecule has 0 bridgehead atoms. The summed E-state index contributed by atoms with van der Waals surface area (Å²) in [6.07, 6.45) is 4.52. The summed E-state index contributed by atoms with van der Waals surface area (Å²) in [5.41, 5.74) is 0.240. The number of pyridine rings is 1. The van der Waals surface area contributed by atoms with Gasteiger partial charge in [0.25, 0.3) is 0 Å². The average molecular weight is 562 g/mol. The van der Waals surface area contributed by atoms with Crippen molar-refractivity contribution >= 4 is 27.5 Å². The number of aromatic hydroxyl groups is 1. The number of aromatic nitrogens is 3. The zero-order valence-corrected chi connectivity index (χ0v) is 22.8. The highest BCUT2D eigenvalue weighted by Gasteiger charge is 2.49. The number of hydrogen-bond donors (Lipinski definition) is 2. The van der Waals surface area contributed by atoms with Gasteiger partial charge in [-0.25, -0.2) is 8.78 Å². The van der Waals surface area contributed by atoms with Crippen LogP contribution in [0.25, 0.3) is 32.9 Å². The Bertz CT molecular complexity index is 1610. The van der Waals surface area contributed by atoms with Gasteiger partial charge in [-0.3, -0.25) is 9.88 Å². The fourth-order valence-electron chi connectivity index (χ4n) is 6.98. The van der Waals surface area contributed by atoms with Crippen molar-refractivity contribution in [3.8, 4) is 23.0 Å². The second-order valence-electron chi connectivity index (χ2n) is 11.7. The van der Waals surface area contributed by atoms with Gasteiger partial charge in [-0.2, -0.15) is 9.97 Å². The summed E-state index contributed by atoms with van der Waals surface area (Å²) < 4.78 is 37.0. The highest BCUT2D eigenvalue weighted by molar-refractivity contribution is 5.99. The number of phenolic OH excluding ortho intramolecular Hbond substituents is 1. The Morgan fingerprint density at radius 1 is 1.07 bits per heavy atom. The van der Waals surface area contributed by atoms with Gasteiger partial charge in [0.1, 0.15) is 35.6 Å². The lowest BCUT2D eigenvalue weighted by atomic mass is 9.95. The number of piperidine rings is 1. The molecular formula is C31H33F2N5O3. The third-order valence-electron chi connectivity index (χ3n) is 9.15. The Morgan fingerprint density at radius 3 is 2.73 bits per heavy atom. The summed E-state index contributed by atoms with van der Waals surface area (Å²) in [7, 11) is 0. The van der Waals surface area contributed by atoms with Crippen LogP contribution in [-0.4, -0.2) is 81.2 Å². The van der Waals surface area contributed by atoms with Gasteiger partial charge in [-0.1, -0.05) is 24.3 Å². The number of nitrogens with zero attached hydrogens (tertiary/aromatic N) is 5. The minimum atomic E-state index is -0.886. The summed E-state index contributed by atoms with van der Waals surface area (Å²) in [6, 6.07) is 10.7. The zero-order valence-electron chi connectivity index (χ0n) is 22.8. The monoisotopic (exact) mass is 561 g/mol. The van der Waals surface area contributed by atoms with E-state index in [1.54, 1.807) is 12.3 Å². The Labute approximate surface area is 236 Å². The van der Waals surface area contributed by atoms with Crippen molar-refractivity contribution in [3.63, 3.8) is 0 Å². The number of hydrogen-bond acceptors (Lipinski definition) is 8. The molecule has 4 aromatic rings. The highest BCUT2D eigenvalue weighted by atomic mass is 19.1. The number of anilines is 1. The predicted octanol–water partition coefficient (Wildman–Crippen LogP) is 4.85. The topological polar surface area (TPSA) is 94.8 Å². The SMILES string of the molecule is OCC1CCN(c2nc(OC[C@@]34CCCN3C[C@H](F)C4)nc3c(F)c(-c4cc(O)cc5ccccc45)ncc23)CC1. The van der Waals surface area contributed by atoms with Gasteiger partial charge < -0.3 is 19.8 Å². The molecule has 2 atom stereocenters. The van der Waals surface area contributed by atoms with E-state index in [9.17, 15) is 14.6 Å². The molecule has 5 heterocycles. The molecule has 0 unspecified atom stereocenters. The van der Waals surface area contributed by atoms with Crippen molar-refractivity contribution in [2.45, 2.75) is 43.8 Å². The van der Waals surface area contributed by atoms with Crippen LogP contribution in [0.5, 0.6) is 11.8 Å². The molecule has 41 heavy (non-hydrogen) atoms. The average Bonchev–Trinajstić information content (AvgIpc) is 3.51. The minimum absolute atomic E-state index is 0.0160. The van der Waals surface area contributed by atoms with Crippen molar-refractivity contribution in [3.05, 3.63) is 48.4 Å². The lowest BCUT2D eigenvalue weighted by Gasteiger charge is -2.33. The molecule has 214 valence electrons. The van der Waals surface area contributed by atoms with Crippen LogP contribution in [-0.2, 0) is 0 Å². The number of benzene rings is 2.